The number of nitrogens with two attached hydrogens (primary N) is 2. The average molecular weight is 409 g/mol. The zero-order valence-electron chi connectivity index (χ0n) is 15.5. The molecular weight excluding hydrogens is 388 g/mol. The van der Waals surface area contributed by atoms with Crippen LogP contribution in [-0.4, -0.2) is 19.9 Å². The second-order valence-corrected chi connectivity index (χ2v) is 9.28. The lowest BCUT2D eigenvalue weighted by Crippen LogP contribution is -2.09. The van der Waals surface area contributed by atoms with E-state index in [1.54, 1.807) is 11.3 Å². The molecule has 142 valence electrons. The van der Waals surface area contributed by atoms with Crippen LogP contribution >= 0.6 is 23.1 Å². The van der Waals surface area contributed by atoms with E-state index in [2.05, 4.69) is 21.9 Å². The van der Waals surface area contributed by atoms with Crippen molar-refractivity contribution in [2.45, 2.75) is 37.1 Å². The van der Waals surface area contributed by atoms with Crippen molar-refractivity contribution in [1.82, 2.24) is 19.9 Å². The Morgan fingerprint density at radius 2 is 1.96 bits per heavy atom. The van der Waals surface area contributed by atoms with E-state index in [-0.39, 0.29) is 0 Å². The smallest absolute Gasteiger partial charge is 0.191 e. The third-order valence-corrected chi connectivity index (χ3v) is 7.16. The molecule has 6 nitrogen and oxygen atoms in total. The van der Waals surface area contributed by atoms with Gasteiger partial charge < -0.3 is 11.5 Å². The summed E-state index contributed by atoms with van der Waals surface area (Å²) in [5.74, 6) is 3.01. The number of para-hydroxylation sites is 1. The van der Waals surface area contributed by atoms with Crippen LogP contribution in [0.25, 0.3) is 21.1 Å². The van der Waals surface area contributed by atoms with Crippen LogP contribution in [0, 0.1) is 5.92 Å². The zero-order chi connectivity index (χ0) is 19.3. The van der Waals surface area contributed by atoms with E-state index in [1.165, 1.54) is 28.6 Å². The van der Waals surface area contributed by atoms with Gasteiger partial charge in [-0.1, -0.05) is 30.8 Å². The lowest BCUT2D eigenvalue weighted by molar-refractivity contribution is 0.509. The van der Waals surface area contributed by atoms with Crippen LogP contribution in [0.2, 0.25) is 0 Å². The summed E-state index contributed by atoms with van der Waals surface area (Å²) >= 11 is 3.25. The highest BCUT2D eigenvalue weighted by Gasteiger charge is 2.23. The summed E-state index contributed by atoms with van der Waals surface area (Å²) in [5.41, 5.74) is 14.6. The molecule has 3 heterocycles. The van der Waals surface area contributed by atoms with Gasteiger partial charge >= 0.3 is 0 Å². The minimum absolute atomic E-state index is 0.497. The first-order chi connectivity index (χ1) is 13.6. The van der Waals surface area contributed by atoms with Gasteiger partial charge in [0.05, 0.1) is 16.7 Å². The number of aromatic nitrogens is 4. The number of thiophene rings is 1. The number of benzene rings is 1. The van der Waals surface area contributed by atoms with Crippen LogP contribution in [0.15, 0.2) is 29.4 Å². The SMILES string of the molecule is CC1CCc2c(sc3nc(SCc4nc(N)c5ccccc5n4)nc(N)c23)C1. The van der Waals surface area contributed by atoms with E-state index in [9.17, 15) is 0 Å². The second-order valence-electron chi connectivity index (χ2n) is 7.25. The van der Waals surface area contributed by atoms with E-state index in [0.29, 0.717) is 28.4 Å². The van der Waals surface area contributed by atoms with Crippen LogP contribution < -0.4 is 11.5 Å². The number of rotatable bonds is 3. The average Bonchev–Trinajstić information content (AvgIpc) is 3.04. The van der Waals surface area contributed by atoms with Crippen LogP contribution in [0.5, 0.6) is 0 Å². The molecule has 1 atom stereocenters. The molecule has 0 saturated heterocycles. The first-order valence-electron chi connectivity index (χ1n) is 9.30. The van der Waals surface area contributed by atoms with Crippen molar-refractivity contribution in [2.75, 3.05) is 11.5 Å². The molecule has 28 heavy (non-hydrogen) atoms. The van der Waals surface area contributed by atoms with E-state index < -0.39 is 0 Å². The van der Waals surface area contributed by atoms with Gasteiger partial charge in [0.1, 0.15) is 22.3 Å². The Bertz CT molecular complexity index is 1200. The van der Waals surface area contributed by atoms with Gasteiger partial charge in [-0.05, 0) is 42.9 Å². The maximum absolute atomic E-state index is 6.32. The standard InChI is InChI=1S/C20H20N6S2/c1-10-6-7-12-14(8-10)28-19-16(12)18(22)25-20(26-19)27-9-15-23-13-5-3-2-4-11(13)17(21)24-15/h2-5,10H,6-9H2,1H3,(H2,21,23,24)(H2,22,25,26). The Morgan fingerprint density at radius 1 is 1.11 bits per heavy atom. The summed E-state index contributed by atoms with van der Waals surface area (Å²) in [7, 11) is 0. The van der Waals surface area contributed by atoms with Crippen molar-refractivity contribution < 1.29 is 0 Å². The topological polar surface area (TPSA) is 104 Å². The number of fused-ring (bicyclic) bond motifs is 4. The van der Waals surface area contributed by atoms with Gasteiger partial charge in [0.2, 0.25) is 0 Å². The molecule has 0 spiro atoms. The highest BCUT2D eigenvalue weighted by Crippen LogP contribution is 2.40. The summed E-state index contributed by atoms with van der Waals surface area (Å²) in [6.45, 7) is 2.30. The van der Waals surface area contributed by atoms with Gasteiger partial charge in [-0.15, -0.1) is 11.3 Å². The third-order valence-electron chi connectivity index (χ3n) is 5.17. The van der Waals surface area contributed by atoms with Gasteiger partial charge in [0.15, 0.2) is 5.16 Å². The fourth-order valence-electron chi connectivity index (χ4n) is 3.76. The molecule has 1 aliphatic carbocycles. The van der Waals surface area contributed by atoms with Crippen molar-refractivity contribution in [3.05, 3.63) is 40.5 Å². The monoisotopic (exact) mass is 408 g/mol. The molecule has 0 bridgehead atoms. The third kappa shape index (κ3) is 3.06. The maximum atomic E-state index is 6.32. The van der Waals surface area contributed by atoms with Crippen molar-refractivity contribution in [2.24, 2.45) is 5.92 Å². The summed E-state index contributed by atoms with van der Waals surface area (Å²) in [4.78, 5) is 20.8. The second kappa shape index (κ2) is 6.86. The molecule has 0 amide bonds. The van der Waals surface area contributed by atoms with Crippen molar-refractivity contribution in [1.29, 1.82) is 0 Å². The molecular formula is C20H20N6S2. The Morgan fingerprint density at radius 3 is 2.86 bits per heavy atom. The van der Waals surface area contributed by atoms with Gasteiger partial charge in [-0.2, -0.15) is 0 Å². The minimum Gasteiger partial charge on any atom is -0.383 e. The minimum atomic E-state index is 0.497. The number of hydrogen-bond donors (Lipinski definition) is 2. The number of anilines is 2. The summed E-state index contributed by atoms with van der Waals surface area (Å²) in [6, 6.07) is 7.75. The first kappa shape index (κ1) is 17.6. The number of aryl methyl sites for hydroxylation is 1. The number of nitrogen functional groups attached to an aromatic ring is 2. The summed E-state index contributed by atoms with van der Waals surface area (Å²) in [6.07, 6.45) is 3.39. The Kier molecular flexibility index (Phi) is 4.32. The molecule has 0 aliphatic heterocycles. The van der Waals surface area contributed by atoms with Crippen LogP contribution in [0.4, 0.5) is 11.6 Å². The van der Waals surface area contributed by atoms with Crippen molar-refractivity contribution >= 4 is 55.9 Å². The summed E-state index contributed by atoms with van der Waals surface area (Å²) < 4.78 is 0. The fourth-order valence-corrected chi connectivity index (χ4v) is 5.91. The van der Waals surface area contributed by atoms with Crippen LogP contribution in [0.3, 0.4) is 0 Å². The molecule has 3 aromatic heterocycles. The van der Waals surface area contributed by atoms with Crippen LogP contribution in [0.1, 0.15) is 29.6 Å². The Hall–Kier alpha value is -2.45. The number of thioether (sulfide) groups is 1. The number of hydrogen-bond acceptors (Lipinski definition) is 8. The van der Waals surface area contributed by atoms with Gasteiger partial charge in [0, 0.05) is 10.3 Å². The predicted octanol–water partition coefficient (Wildman–Crippen LogP) is 4.22. The largest absolute Gasteiger partial charge is 0.383 e. The highest BCUT2D eigenvalue weighted by molar-refractivity contribution is 7.98. The normalized spacial score (nSPS) is 16.5. The molecule has 8 heteroatoms. The quantitative estimate of drug-likeness (QED) is 0.386. The van der Waals surface area contributed by atoms with Crippen molar-refractivity contribution in [3.63, 3.8) is 0 Å². The molecule has 1 aliphatic rings. The number of nitrogens with zero attached hydrogens (tertiary/aromatic N) is 4. The molecule has 0 saturated carbocycles. The maximum Gasteiger partial charge on any atom is 0.191 e. The lowest BCUT2D eigenvalue weighted by Gasteiger charge is -2.17. The van der Waals surface area contributed by atoms with E-state index in [0.717, 1.165) is 39.9 Å². The van der Waals surface area contributed by atoms with Gasteiger partial charge in [0.25, 0.3) is 0 Å². The fraction of sp³-hybridized carbons (Fsp3) is 0.300. The summed E-state index contributed by atoms with van der Waals surface area (Å²) in [5, 5.41) is 2.59. The first-order valence-corrected chi connectivity index (χ1v) is 11.1. The molecule has 0 fully saturated rings. The molecule has 5 rings (SSSR count). The molecule has 1 aromatic carbocycles. The van der Waals surface area contributed by atoms with Gasteiger partial charge in [-0.25, -0.2) is 19.9 Å². The van der Waals surface area contributed by atoms with Crippen molar-refractivity contribution in [3.8, 4) is 0 Å². The molecule has 0 radical (unpaired) electrons. The highest BCUT2D eigenvalue weighted by atomic mass is 32.2. The molecule has 4 N–H and O–H groups in total. The van der Waals surface area contributed by atoms with E-state index in [1.807, 2.05) is 24.3 Å². The van der Waals surface area contributed by atoms with E-state index in [4.69, 9.17) is 16.5 Å². The van der Waals surface area contributed by atoms with Crippen LogP contribution in [-0.2, 0) is 18.6 Å². The van der Waals surface area contributed by atoms with Gasteiger partial charge in [-0.3, -0.25) is 0 Å². The Labute approximate surface area is 170 Å². The lowest BCUT2D eigenvalue weighted by atomic mass is 9.89. The molecule has 1 unspecified atom stereocenters. The predicted molar refractivity (Wildman–Crippen MR) is 117 cm³/mol. The molecule has 4 aromatic rings. The Balaban J connectivity index is 1.44. The zero-order valence-corrected chi connectivity index (χ0v) is 17.1. The van der Waals surface area contributed by atoms with E-state index >= 15 is 0 Å².